The van der Waals surface area contributed by atoms with Gasteiger partial charge in [-0.25, -0.2) is 0 Å². The first kappa shape index (κ1) is 15.8. The lowest BCUT2D eigenvalue weighted by molar-refractivity contribution is 0.0927. The highest BCUT2D eigenvalue weighted by atomic mass is 16.5. The molecule has 2 atom stereocenters. The van der Waals surface area contributed by atoms with Gasteiger partial charge in [-0.1, -0.05) is 43.3 Å². The summed E-state index contributed by atoms with van der Waals surface area (Å²) in [5.41, 5.74) is 3.34. The van der Waals surface area contributed by atoms with Crippen LogP contribution in [0.1, 0.15) is 40.9 Å². The molecule has 0 aromatic heterocycles. The molecular weight excluding hydrogens is 286 g/mol. The Morgan fingerprint density at radius 1 is 1.09 bits per heavy atom. The lowest BCUT2D eigenvalue weighted by atomic mass is 10.0. The van der Waals surface area contributed by atoms with Gasteiger partial charge >= 0.3 is 0 Å². The molecule has 0 saturated heterocycles. The van der Waals surface area contributed by atoms with Crippen LogP contribution in [0.3, 0.4) is 0 Å². The summed E-state index contributed by atoms with van der Waals surface area (Å²) < 4.78 is 5.17. The van der Waals surface area contributed by atoms with Gasteiger partial charge in [0.2, 0.25) is 0 Å². The standard InChI is InChI=1S/C20H23NO2/c1-14-19(17-7-3-4-8-18(17)20(14)22)21-13-5-6-15-9-11-16(23-2)12-10-15/h3-4,7-12,14,19,21H,5-6,13H2,1-2H3. The molecule has 2 aromatic carbocycles. The average Bonchev–Trinajstić information content (AvgIpc) is 2.84. The Morgan fingerprint density at radius 2 is 1.83 bits per heavy atom. The number of hydrogen-bond acceptors (Lipinski definition) is 3. The van der Waals surface area contributed by atoms with E-state index in [1.54, 1.807) is 7.11 Å². The second-order valence-electron chi connectivity index (χ2n) is 6.12. The fraction of sp³-hybridized carbons (Fsp3) is 0.350. The van der Waals surface area contributed by atoms with E-state index in [0.29, 0.717) is 0 Å². The van der Waals surface area contributed by atoms with Crippen molar-refractivity contribution in [1.82, 2.24) is 5.32 Å². The van der Waals surface area contributed by atoms with E-state index in [4.69, 9.17) is 4.74 Å². The lowest BCUT2D eigenvalue weighted by Crippen LogP contribution is -2.26. The van der Waals surface area contributed by atoms with Crippen LogP contribution in [0, 0.1) is 5.92 Å². The van der Waals surface area contributed by atoms with Crippen molar-refractivity contribution in [3.05, 3.63) is 65.2 Å². The van der Waals surface area contributed by atoms with Crippen molar-refractivity contribution in [3.8, 4) is 5.75 Å². The van der Waals surface area contributed by atoms with Crippen molar-refractivity contribution < 1.29 is 9.53 Å². The Kier molecular flexibility index (Phi) is 4.77. The van der Waals surface area contributed by atoms with E-state index in [-0.39, 0.29) is 17.7 Å². The Hall–Kier alpha value is -2.13. The average molecular weight is 309 g/mol. The highest BCUT2D eigenvalue weighted by molar-refractivity contribution is 6.02. The van der Waals surface area contributed by atoms with Crippen LogP contribution in [0.5, 0.6) is 5.75 Å². The third kappa shape index (κ3) is 3.30. The molecule has 3 rings (SSSR count). The molecule has 2 unspecified atom stereocenters. The highest BCUT2D eigenvalue weighted by Crippen LogP contribution is 2.35. The molecule has 0 saturated carbocycles. The van der Waals surface area contributed by atoms with Gasteiger partial charge in [-0.15, -0.1) is 0 Å². The van der Waals surface area contributed by atoms with E-state index >= 15 is 0 Å². The van der Waals surface area contributed by atoms with Gasteiger partial charge in [0.1, 0.15) is 5.75 Å². The highest BCUT2D eigenvalue weighted by Gasteiger charge is 2.35. The number of hydrogen-bond donors (Lipinski definition) is 1. The summed E-state index contributed by atoms with van der Waals surface area (Å²) in [5.74, 6) is 1.17. The Morgan fingerprint density at radius 3 is 2.57 bits per heavy atom. The van der Waals surface area contributed by atoms with E-state index in [0.717, 1.165) is 36.3 Å². The van der Waals surface area contributed by atoms with Crippen LogP contribution in [0.25, 0.3) is 0 Å². The SMILES string of the molecule is COc1ccc(CCCNC2c3ccccc3C(=O)C2C)cc1. The van der Waals surface area contributed by atoms with Gasteiger partial charge in [0, 0.05) is 17.5 Å². The number of rotatable bonds is 6. The molecule has 0 fully saturated rings. The zero-order valence-corrected chi connectivity index (χ0v) is 13.7. The minimum absolute atomic E-state index is 0.0217. The summed E-state index contributed by atoms with van der Waals surface area (Å²) in [6.07, 6.45) is 2.07. The fourth-order valence-electron chi connectivity index (χ4n) is 3.29. The number of ketones is 1. The molecule has 1 aliphatic rings. The topological polar surface area (TPSA) is 38.3 Å². The van der Waals surface area contributed by atoms with Crippen LogP contribution in [0.2, 0.25) is 0 Å². The molecule has 3 nitrogen and oxygen atoms in total. The molecule has 0 radical (unpaired) electrons. The molecule has 1 N–H and O–H groups in total. The van der Waals surface area contributed by atoms with E-state index < -0.39 is 0 Å². The van der Waals surface area contributed by atoms with Gasteiger partial charge in [-0.3, -0.25) is 4.79 Å². The first-order valence-electron chi connectivity index (χ1n) is 8.20. The molecule has 0 amide bonds. The normalized spacial score (nSPS) is 19.7. The van der Waals surface area contributed by atoms with Crippen molar-refractivity contribution in [1.29, 1.82) is 0 Å². The largest absolute Gasteiger partial charge is 0.497 e. The van der Waals surface area contributed by atoms with Crippen LogP contribution in [0.4, 0.5) is 0 Å². The van der Waals surface area contributed by atoms with Crippen molar-refractivity contribution in [2.45, 2.75) is 25.8 Å². The minimum Gasteiger partial charge on any atom is -0.497 e. The number of carbonyl (C=O) groups is 1. The molecule has 23 heavy (non-hydrogen) atoms. The molecule has 3 heteroatoms. The Bertz CT molecular complexity index is 678. The number of aryl methyl sites for hydroxylation is 1. The molecule has 120 valence electrons. The summed E-state index contributed by atoms with van der Waals surface area (Å²) >= 11 is 0. The van der Waals surface area contributed by atoms with Crippen molar-refractivity contribution >= 4 is 5.78 Å². The molecule has 0 aliphatic heterocycles. The van der Waals surface area contributed by atoms with Crippen LogP contribution in [-0.4, -0.2) is 19.4 Å². The molecule has 1 aliphatic carbocycles. The van der Waals surface area contributed by atoms with E-state index in [1.165, 1.54) is 5.56 Å². The number of benzene rings is 2. The van der Waals surface area contributed by atoms with Gasteiger partial charge in [-0.05, 0) is 42.6 Å². The smallest absolute Gasteiger partial charge is 0.167 e. The molecule has 2 aromatic rings. The Balaban J connectivity index is 1.53. The summed E-state index contributed by atoms with van der Waals surface area (Å²) in [6.45, 7) is 2.92. The van der Waals surface area contributed by atoms with Gasteiger partial charge in [-0.2, -0.15) is 0 Å². The predicted molar refractivity (Wildman–Crippen MR) is 92.0 cm³/mol. The third-order valence-electron chi connectivity index (χ3n) is 4.64. The maximum absolute atomic E-state index is 12.3. The number of fused-ring (bicyclic) bond motifs is 1. The van der Waals surface area contributed by atoms with Gasteiger partial charge in [0.15, 0.2) is 5.78 Å². The van der Waals surface area contributed by atoms with E-state index in [2.05, 4.69) is 23.5 Å². The molecule has 0 heterocycles. The first-order chi connectivity index (χ1) is 11.2. The Labute approximate surface area is 137 Å². The molecular formula is C20H23NO2. The number of Topliss-reactive ketones (excluding diaryl/α,β-unsaturated/α-hetero) is 1. The van der Waals surface area contributed by atoms with Crippen LogP contribution in [0.15, 0.2) is 48.5 Å². The van der Waals surface area contributed by atoms with Crippen molar-refractivity contribution in [3.63, 3.8) is 0 Å². The summed E-state index contributed by atoms with van der Waals surface area (Å²) in [4.78, 5) is 12.3. The van der Waals surface area contributed by atoms with E-state index in [9.17, 15) is 4.79 Å². The fourth-order valence-corrected chi connectivity index (χ4v) is 3.29. The summed E-state index contributed by atoms with van der Waals surface area (Å²) in [6, 6.07) is 16.3. The van der Waals surface area contributed by atoms with E-state index in [1.807, 2.05) is 37.3 Å². The second-order valence-corrected chi connectivity index (χ2v) is 6.12. The first-order valence-corrected chi connectivity index (χ1v) is 8.20. The number of carbonyl (C=O) groups excluding carboxylic acids is 1. The zero-order valence-electron chi connectivity index (χ0n) is 13.7. The number of methoxy groups -OCH3 is 1. The van der Waals surface area contributed by atoms with Gasteiger partial charge < -0.3 is 10.1 Å². The van der Waals surface area contributed by atoms with Crippen molar-refractivity contribution in [2.75, 3.05) is 13.7 Å². The maximum atomic E-state index is 12.3. The minimum atomic E-state index is 0.0217. The van der Waals surface area contributed by atoms with Crippen molar-refractivity contribution in [2.24, 2.45) is 5.92 Å². The third-order valence-corrected chi connectivity index (χ3v) is 4.64. The molecule has 0 bridgehead atoms. The zero-order chi connectivity index (χ0) is 16.2. The lowest BCUT2D eigenvalue weighted by Gasteiger charge is -2.17. The number of ether oxygens (including phenoxy) is 1. The monoisotopic (exact) mass is 309 g/mol. The second kappa shape index (κ2) is 6.97. The molecule has 0 spiro atoms. The quantitative estimate of drug-likeness (QED) is 0.825. The summed E-state index contributed by atoms with van der Waals surface area (Å²) in [7, 11) is 1.68. The van der Waals surface area contributed by atoms with Crippen LogP contribution in [-0.2, 0) is 6.42 Å². The predicted octanol–water partition coefficient (Wildman–Crippen LogP) is 3.79. The number of nitrogens with one attached hydrogen (secondary N) is 1. The van der Waals surface area contributed by atoms with Gasteiger partial charge in [0.25, 0.3) is 0 Å². The van der Waals surface area contributed by atoms with Gasteiger partial charge in [0.05, 0.1) is 7.11 Å². The van der Waals surface area contributed by atoms with Crippen LogP contribution < -0.4 is 10.1 Å². The van der Waals surface area contributed by atoms with Crippen LogP contribution >= 0.6 is 0 Å². The summed E-state index contributed by atoms with van der Waals surface area (Å²) in [5, 5.41) is 3.57. The maximum Gasteiger partial charge on any atom is 0.167 e.